The van der Waals surface area contributed by atoms with Crippen molar-refractivity contribution in [2.45, 2.75) is 0 Å². The van der Waals surface area contributed by atoms with Gasteiger partial charge in [0.2, 0.25) is 0 Å². The first kappa shape index (κ1) is 12.7. The smallest absolute Gasteiger partial charge is 0.275 e. The number of halogens is 1. The minimum atomic E-state index is -0.327. The average molecular weight is 284 g/mol. The number of hydrogen-bond donors (Lipinski definition) is 2. The number of thiazole rings is 1. The number of methoxy groups -OCH3 is 1. The Balaban J connectivity index is 2.16. The molecule has 1 amide bonds. The molecule has 3 N–H and O–H groups in total. The minimum Gasteiger partial charge on any atom is -0.495 e. The monoisotopic (exact) mass is 283 g/mol. The maximum absolute atomic E-state index is 11.8. The number of nitrogens with two attached hydrogens (primary N) is 1. The van der Waals surface area contributed by atoms with Crippen molar-refractivity contribution >= 4 is 39.7 Å². The van der Waals surface area contributed by atoms with Crippen LogP contribution in [0.2, 0.25) is 5.02 Å². The topological polar surface area (TPSA) is 77.2 Å². The molecule has 0 spiro atoms. The van der Waals surface area contributed by atoms with Gasteiger partial charge in [-0.2, -0.15) is 0 Å². The van der Waals surface area contributed by atoms with E-state index in [9.17, 15) is 4.79 Å². The molecular weight excluding hydrogens is 274 g/mol. The van der Waals surface area contributed by atoms with E-state index in [4.69, 9.17) is 22.1 Å². The first-order valence-corrected chi connectivity index (χ1v) is 6.22. The van der Waals surface area contributed by atoms with E-state index in [1.807, 2.05) is 0 Å². The number of benzene rings is 1. The van der Waals surface area contributed by atoms with Gasteiger partial charge in [0, 0.05) is 17.1 Å². The molecule has 0 fully saturated rings. The van der Waals surface area contributed by atoms with Crippen LogP contribution in [0.25, 0.3) is 0 Å². The number of nitrogen functional groups attached to an aromatic ring is 1. The molecule has 7 heteroatoms. The second-order valence-corrected chi connectivity index (χ2v) is 4.67. The van der Waals surface area contributed by atoms with Crippen LogP contribution in [0.15, 0.2) is 23.6 Å². The molecule has 0 atom stereocenters. The second-order valence-electron chi connectivity index (χ2n) is 3.37. The summed E-state index contributed by atoms with van der Waals surface area (Å²) in [5, 5.41) is 5.11. The number of anilines is 2. The summed E-state index contributed by atoms with van der Waals surface area (Å²) in [6.45, 7) is 0. The van der Waals surface area contributed by atoms with Crippen molar-refractivity contribution in [2.75, 3.05) is 18.2 Å². The van der Waals surface area contributed by atoms with Gasteiger partial charge >= 0.3 is 0 Å². The van der Waals surface area contributed by atoms with E-state index in [0.29, 0.717) is 21.6 Å². The summed E-state index contributed by atoms with van der Waals surface area (Å²) in [5.74, 6) is 0.166. The fourth-order valence-corrected chi connectivity index (χ4v) is 2.06. The molecule has 0 saturated heterocycles. The van der Waals surface area contributed by atoms with Gasteiger partial charge < -0.3 is 15.8 Å². The van der Waals surface area contributed by atoms with E-state index < -0.39 is 0 Å². The van der Waals surface area contributed by atoms with Gasteiger partial charge in [-0.05, 0) is 12.1 Å². The van der Waals surface area contributed by atoms with Crippen molar-refractivity contribution in [3.05, 3.63) is 34.3 Å². The summed E-state index contributed by atoms with van der Waals surface area (Å²) in [5.41, 5.74) is 6.33. The molecule has 5 nitrogen and oxygen atoms in total. The van der Waals surface area contributed by atoms with Crippen molar-refractivity contribution in [1.82, 2.24) is 4.98 Å². The highest BCUT2D eigenvalue weighted by Gasteiger charge is 2.11. The molecule has 0 aliphatic heterocycles. The normalized spacial score (nSPS) is 10.1. The summed E-state index contributed by atoms with van der Waals surface area (Å²) in [6, 6.07) is 4.96. The van der Waals surface area contributed by atoms with Crippen LogP contribution < -0.4 is 15.8 Å². The fourth-order valence-electron chi connectivity index (χ4n) is 1.32. The Bertz CT molecular complexity index is 585. The van der Waals surface area contributed by atoms with Crippen molar-refractivity contribution in [3.63, 3.8) is 0 Å². The quantitative estimate of drug-likeness (QED) is 0.908. The van der Waals surface area contributed by atoms with Gasteiger partial charge in [0.05, 0.1) is 12.1 Å². The number of hydrogen-bond acceptors (Lipinski definition) is 5. The van der Waals surface area contributed by atoms with E-state index in [2.05, 4.69) is 10.3 Å². The third kappa shape index (κ3) is 2.72. The molecule has 0 saturated carbocycles. The average Bonchev–Trinajstić information content (AvgIpc) is 2.78. The zero-order valence-electron chi connectivity index (χ0n) is 9.44. The molecule has 94 valence electrons. The Morgan fingerprint density at radius 3 is 2.94 bits per heavy atom. The van der Waals surface area contributed by atoms with Gasteiger partial charge in [0.1, 0.15) is 11.4 Å². The fraction of sp³-hybridized carbons (Fsp3) is 0.0909. The SMILES string of the molecule is COc1cc(NC(=O)c2csc(N)n2)ccc1Cl. The van der Waals surface area contributed by atoms with Crippen molar-refractivity contribution in [3.8, 4) is 5.75 Å². The third-order valence-electron chi connectivity index (χ3n) is 2.16. The maximum atomic E-state index is 11.8. The molecule has 18 heavy (non-hydrogen) atoms. The van der Waals surface area contributed by atoms with Gasteiger partial charge in [-0.1, -0.05) is 11.6 Å². The summed E-state index contributed by atoms with van der Waals surface area (Å²) in [7, 11) is 1.51. The highest BCUT2D eigenvalue weighted by atomic mass is 35.5. The molecular formula is C11H10ClN3O2S. The van der Waals surface area contributed by atoms with Crippen LogP contribution in [0.1, 0.15) is 10.5 Å². The van der Waals surface area contributed by atoms with E-state index in [0.717, 1.165) is 0 Å². The zero-order chi connectivity index (χ0) is 13.1. The first-order valence-electron chi connectivity index (χ1n) is 4.96. The van der Waals surface area contributed by atoms with Crippen molar-refractivity contribution < 1.29 is 9.53 Å². The highest BCUT2D eigenvalue weighted by molar-refractivity contribution is 7.13. The van der Waals surface area contributed by atoms with Gasteiger partial charge in [-0.25, -0.2) is 4.98 Å². The molecule has 0 unspecified atom stereocenters. The van der Waals surface area contributed by atoms with E-state index in [1.165, 1.54) is 18.4 Å². The van der Waals surface area contributed by atoms with E-state index in [-0.39, 0.29) is 11.6 Å². The van der Waals surface area contributed by atoms with Crippen LogP contribution in [0.4, 0.5) is 10.8 Å². The number of carbonyl (C=O) groups is 1. The summed E-state index contributed by atoms with van der Waals surface area (Å²) in [4.78, 5) is 15.7. The Morgan fingerprint density at radius 1 is 1.56 bits per heavy atom. The lowest BCUT2D eigenvalue weighted by Gasteiger charge is -2.07. The van der Waals surface area contributed by atoms with Crippen molar-refractivity contribution in [1.29, 1.82) is 0 Å². The molecule has 1 aromatic heterocycles. The first-order chi connectivity index (χ1) is 8.60. The zero-order valence-corrected chi connectivity index (χ0v) is 11.0. The van der Waals surface area contributed by atoms with Crippen LogP contribution in [0, 0.1) is 0 Å². The van der Waals surface area contributed by atoms with Crippen LogP contribution in [0.3, 0.4) is 0 Å². The number of amides is 1. The van der Waals surface area contributed by atoms with Gasteiger partial charge in [-0.3, -0.25) is 4.79 Å². The maximum Gasteiger partial charge on any atom is 0.275 e. The van der Waals surface area contributed by atoms with E-state index in [1.54, 1.807) is 23.6 Å². The van der Waals surface area contributed by atoms with Crippen LogP contribution >= 0.6 is 22.9 Å². The van der Waals surface area contributed by atoms with Crippen LogP contribution in [-0.4, -0.2) is 18.0 Å². The van der Waals surface area contributed by atoms with Gasteiger partial charge in [0.15, 0.2) is 5.13 Å². The summed E-state index contributed by atoms with van der Waals surface area (Å²) >= 11 is 7.10. The second kappa shape index (κ2) is 5.24. The lowest BCUT2D eigenvalue weighted by molar-refractivity contribution is 0.102. The molecule has 1 heterocycles. The third-order valence-corrected chi connectivity index (χ3v) is 3.15. The van der Waals surface area contributed by atoms with Crippen LogP contribution in [0.5, 0.6) is 5.75 Å². The number of nitrogens with zero attached hydrogens (tertiary/aromatic N) is 1. The van der Waals surface area contributed by atoms with E-state index >= 15 is 0 Å². The molecule has 0 bridgehead atoms. The number of aromatic nitrogens is 1. The Labute approximate surface area is 113 Å². The molecule has 1 aromatic carbocycles. The predicted octanol–water partition coefficient (Wildman–Crippen LogP) is 2.64. The number of nitrogens with one attached hydrogen (secondary N) is 1. The largest absolute Gasteiger partial charge is 0.495 e. The summed E-state index contributed by atoms with van der Waals surface area (Å²) in [6.07, 6.45) is 0. The minimum absolute atomic E-state index is 0.284. The number of rotatable bonds is 3. The molecule has 0 aliphatic carbocycles. The molecule has 0 aliphatic rings. The lowest BCUT2D eigenvalue weighted by atomic mass is 10.3. The lowest BCUT2D eigenvalue weighted by Crippen LogP contribution is -2.12. The molecule has 0 radical (unpaired) electrons. The number of carbonyl (C=O) groups excluding carboxylic acids is 1. The highest BCUT2D eigenvalue weighted by Crippen LogP contribution is 2.27. The standard InChI is InChI=1S/C11H10ClN3O2S/c1-17-9-4-6(2-3-7(9)12)14-10(16)8-5-18-11(13)15-8/h2-5H,1H3,(H2,13,15)(H,14,16). The Kier molecular flexibility index (Phi) is 3.69. The van der Waals surface area contributed by atoms with Gasteiger partial charge in [0.25, 0.3) is 5.91 Å². The predicted molar refractivity (Wildman–Crippen MR) is 72.5 cm³/mol. The van der Waals surface area contributed by atoms with Gasteiger partial charge in [-0.15, -0.1) is 11.3 Å². The molecule has 2 rings (SSSR count). The Morgan fingerprint density at radius 2 is 2.33 bits per heavy atom. The van der Waals surface area contributed by atoms with Crippen LogP contribution in [-0.2, 0) is 0 Å². The number of ether oxygens (including phenoxy) is 1. The summed E-state index contributed by atoms with van der Waals surface area (Å²) < 4.78 is 5.06. The van der Waals surface area contributed by atoms with Crippen molar-refractivity contribution in [2.24, 2.45) is 0 Å². The Hall–Kier alpha value is -1.79. The molecule has 2 aromatic rings.